The summed E-state index contributed by atoms with van der Waals surface area (Å²) in [5.74, 6) is 0. The van der Waals surface area contributed by atoms with Gasteiger partial charge in [0.1, 0.15) is 5.02 Å². The lowest BCUT2D eigenvalue weighted by atomic mass is 10.1. The highest BCUT2D eigenvalue weighted by molar-refractivity contribution is 6.33. The van der Waals surface area contributed by atoms with E-state index in [1.54, 1.807) is 16.9 Å². The molecule has 0 amide bonds. The van der Waals surface area contributed by atoms with E-state index < -0.39 is 4.92 Å². The molecule has 0 saturated carbocycles. The molecule has 0 bridgehead atoms. The number of aromatic nitrogens is 2. The number of nitro benzene ring substituents is 1. The van der Waals surface area contributed by atoms with Crippen LogP contribution in [0, 0.1) is 24.0 Å². The molecule has 1 aromatic heterocycles. The summed E-state index contributed by atoms with van der Waals surface area (Å²) in [5.41, 5.74) is 3.63. The van der Waals surface area contributed by atoms with Crippen LogP contribution in [0.5, 0.6) is 0 Å². The van der Waals surface area contributed by atoms with Crippen molar-refractivity contribution in [2.75, 3.05) is 5.32 Å². The molecular formula is C13H15ClN4O2. The molecule has 20 heavy (non-hydrogen) atoms. The van der Waals surface area contributed by atoms with Crippen LogP contribution in [0.4, 0.5) is 11.4 Å². The van der Waals surface area contributed by atoms with Crippen molar-refractivity contribution in [3.63, 3.8) is 0 Å². The van der Waals surface area contributed by atoms with E-state index in [2.05, 4.69) is 10.4 Å². The fourth-order valence-electron chi connectivity index (χ4n) is 1.90. The molecule has 0 aliphatic heterocycles. The van der Waals surface area contributed by atoms with E-state index in [4.69, 9.17) is 11.6 Å². The van der Waals surface area contributed by atoms with E-state index in [1.165, 1.54) is 6.07 Å². The molecule has 0 spiro atoms. The molecule has 106 valence electrons. The van der Waals surface area contributed by atoms with Gasteiger partial charge in [-0.1, -0.05) is 11.6 Å². The van der Waals surface area contributed by atoms with Gasteiger partial charge in [-0.25, -0.2) is 0 Å². The predicted octanol–water partition coefficient (Wildman–Crippen LogP) is 3.21. The lowest BCUT2D eigenvalue weighted by Gasteiger charge is -2.10. The maximum absolute atomic E-state index is 10.8. The van der Waals surface area contributed by atoms with E-state index in [9.17, 15) is 10.1 Å². The Bertz CT molecular complexity index is 667. The molecule has 0 aliphatic carbocycles. The number of anilines is 1. The number of nitro groups is 1. The Morgan fingerprint density at radius 1 is 1.45 bits per heavy atom. The normalized spacial score (nSPS) is 10.6. The van der Waals surface area contributed by atoms with E-state index in [1.807, 2.05) is 20.9 Å². The van der Waals surface area contributed by atoms with Crippen LogP contribution < -0.4 is 5.32 Å². The van der Waals surface area contributed by atoms with Crippen LogP contribution in [0.25, 0.3) is 0 Å². The zero-order valence-corrected chi connectivity index (χ0v) is 12.2. The van der Waals surface area contributed by atoms with Gasteiger partial charge in [-0.15, -0.1) is 0 Å². The topological polar surface area (TPSA) is 73.0 Å². The van der Waals surface area contributed by atoms with Crippen molar-refractivity contribution in [3.05, 3.63) is 50.3 Å². The SMILES string of the molecule is Cc1cc([N+](=O)[O-])c(Cl)cc1NCc1cnn(C)c1C. The summed E-state index contributed by atoms with van der Waals surface area (Å²) in [7, 11) is 1.88. The van der Waals surface area contributed by atoms with Crippen molar-refractivity contribution >= 4 is 23.0 Å². The Hall–Kier alpha value is -2.08. The van der Waals surface area contributed by atoms with Gasteiger partial charge in [0.05, 0.1) is 11.1 Å². The lowest BCUT2D eigenvalue weighted by molar-refractivity contribution is -0.384. The molecule has 1 N–H and O–H groups in total. The third kappa shape index (κ3) is 2.75. The minimum absolute atomic E-state index is 0.0766. The minimum Gasteiger partial charge on any atom is -0.381 e. The zero-order chi connectivity index (χ0) is 14.9. The predicted molar refractivity (Wildman–Crippen MR) is 78.1 cm³/mol. The summed E-state index contributed by atoms with van der Waals surface area (Å²) in [4.78, 5) is 10.3. The van der Waals surface area contributed by atoms with Crippen molar-refractivity contribution in [2.45, 2.75) is 20.4 Å². The summed E-state index contributed by atoms with van der Waals surface area (Å²) in [6.07, 6.45) is 1.80. The van der Waals surface area contributed by atoms with Gasteiger partial charge in [0.2, 0.25) is 0 Å². The molecular weight excluding hydrogens is 280 g/mol. The van der Waals surface area contributed by atoms with Crippen molar-refractivity contribution in [1.29, 1.82) is 0 Å². The van der Waals surface area contributed by atoms with Crippen molar-refractivity contribution < 1.29 is 4.92 Å². The molecule has 0 unspecified atom stereocenters. The number of aryl methyl sites for hydroxylation is 2. The molecule has 2 aromatic rings. The number of rotatable bonds is 4. The van der Waals surface area contributed by atoms with Gasteiger partial charge in [0, 0.05) is 36.6 Å². The maximum atomic E-state index is 10.8. The van der Waals surface area contributed by atoms with Crippen molar-refractivity contribution in [1.82, 2.24) is 9.78 Å². The first-order chi connectivity index (χ1) is 9.40. The van der Waals surface area contributed by atoms with Crippen LogP contribution in [0.15, 0.2) is 18.3 Å². The largest absolute Gasteiger partial charge is 0.381 e. The molecule has 0 fully saturated rings. The van der Waals surface area contributed by atoms with E-state index in [-0.39, 0.29) is 10.7 Å². The number of benzene rings is 1. The van der Waals surface area contributed by atoms with E-state index in [0.29, 0.717) is 6.54 Å². The number of hydrogen-bond acceptors (Lipinski definition) is 4. The Kier molecular flexibility index (Phi) is 3.94. The van der Waals surface area contributed by atoms with Gasteiger partial charge in [-0.05, 0) is 25.5 Å². The highest BCUT2D eigenvalue weighted by atomic mass is 35.5. The first kappa shape index (κ1) is 14.3. The van der Waals surface area contributed by atoms with Gasteiger partial charge in [0.25, 0.3) is 5.69 Å². The summed E-state index contributed by atoms with van der Waals surface area (Å²) >= 11 is 5.92. The van der Waals surface area contributed by atoms with Crippen LogP contribution in [-0.2, 0) is 13.6 Å². The maximum Gasteiger partial charge on any atom is 0.288 e. The van der Waals surface area contributed by atoms with Crippen LogP contribution in [0.3, 0.4) is 0 Å². The second-order valence-electron chi connectivity index (χ2n) is 4.61. The second-order valence-corrected chi connectivity index (χ2v) is 5.02. The summed E-state index contributed by atoms with van der Waals surface area (Å²) in [6.45, 7) is 4.39. The monoisotopic (exact) mass is 294 g/mol. The molecule has 0 radical (unpaired) electrons. The first-order valence-corrected chi connectivity index (χ1v) is 6.44. The highest BCUT2D eigenvalue weighted by Crippen LogP contribution is 2.30. The van der Waals surface area contributed by atoms with Crippen LogP contribution in [-0.4, -0.2) is 14.7 Å². The summed E-state index contributed by atoms with van der Waals surface area (Å²) in [6, 6.07) is 3.06. The smallest absolute Gasteiger partial charge is 0.288 e. The van der Waals surface area contributed by atoms with Gasteiger partial charge < -0.3 is 5.32 Å². The number of halogens is 1. The third-order valence-corrected chi connectivity index (χ3v) is 3.60. The molecule has 2 rings (SSSR count). The lowest BCUT2D eigenvalue weighted by Crippen LogP contribution is -2.03. The highest BCUT2D eigenvalue weighted by Gasteiger charge is 2.15. The molecule has 1 aromatic carbocycles. The van der Waals surface area contributed by atoms with Crippen LogP contribution in [0.2, 0.25) is 5.02 Å². The van der Waals surface area contributed by atoms with Gasteiger partial charge in [-0.3, -0.25) is 14.8 Å². The molecule has 0 atom stereocenters. The Balaban J connectivity index is 2.20. The van der Waals surface area contributed by atoms with Crippen molar-refractivity contribution in [2.24, 2.45) is 7.05 Å². The second kappa shape index (κ2) is 5.50. The third-order valence-electron chi connectivity index (χ3n) is 3.30. The average molecular weight is 295 g/mol. The Morgan fingerprint density at radius 2 is 2.15 bits per heavy atom. The zero-order valence-electron chi connectivity index (χ0n) is 11.5. The van der Waals surface area contributed by atoms with Crippen LogP contribution in [0.1, 0.15) is 16.8 Å². The molecule has 1 heterocycles. The quantitative estimate of drug-likeness (QED) is 0.694. The van der Waals surface area contributed by atoms with Gasteiger partial charge >= 0.3 is 0 Å². The first-order valence-electron chi connectivity index (χ1n) is 6.06. The Labute approximate surface area is 121 Å². The molecule has 7 heteroatoms. The number of nitrogens with one attached hydrogen (secondary N) is 1. The fourth-order valence-corrected chi connectivity index (χ4v) is 2.14. The fraction of sp³-hybridized carbons (Fsp3) is 0.308. The number of nitrogens with zero attached hydrogens (tertiary/aromatic N) is 3. The van der Waals surface area contributed by atoms with E-state index >= 15 is 0 Å². The van der Waals surface area contributed by atoms with Gasteiger partial charge in [0.15, 0.2) is 0 Å². The summed E-state index contributed by atoms with van der Waals surface area (Å²) in [5, 5.41) is 18.3. The summed E-state index contributed by atoms with van der Waals surface area (Å²) < 4.78 is 1.80. The van der Waals surface area contributed by atoms with Crippen LogP contribution >= 0.6 is 11.6 Å². The van der Waals surface area contributed by atoms with Crippen molar-refractivity contribution in [3.8, 4) is 0 Å². The minimum atomic E-state index is -0.482. The van der Waals surface area contributed by atoms with Gasteiger partial charge in [-0.2, -0.15) is 5.10 Å². The molecule has 0 aliphatic rings. The standard InChI is InChI=1S/C13H15ClN4O2/c1-8-4-13(18(19)20)11(14)5-12(8)15-6-10-7-16-17(3)9(10)2/h4-5,7,15H,6H2,1-3H3. The number of hydrogen-bond donors (Lipinski definition) is 1. The molecule has 0 saturated heterocycles. The molecule has 6 nitrogen and oxygen atoms in total. The van der Waals surface area contributed by atoms with E-state index in [0.717, 1.165) is 22.5 Å². The Morgan fingerprint density at radius 3 is 2.70 bits per heavy atom. The average Bonchev–Trinajstić information content (AvgIpc) is 2.70.